The molecule has 1 fully saturated rings. The molecule has 0 heterocycles. The van der Waals surface area contributed by atoms with Crippen LogP contribution in [0, 0.1) is 18.3 Å². The summed E-state index contributed by atoms with van der Waals surface area (Å²) in [6.45, 7) is 0. The SMILES string of the molecule is C#CCC(NN)C1CCC1. The first-order chi connectivity index (χ1) is 4.88. The van der Waals surface area contributed by atoms with Gasteiger partial charge in [-0.25, -0.2) is 0 Å². The maximum Gasteiger partial charge on any atom is 0.0348 e. The van der Waals surface area contributed by atoms with Crippen LogP contribution in [-0.4, -0.2) is 6.04 Å². The van der Waals surface area contributed by atoms with E-state index in [0.29, 0.717) is 6.04 Å². The predicted molar refractivity (Wildman–Crippen MR) is 41.9 cm³/mol. The second-order valence-corrected chi connectivity index (χ2v) is 2.87. The van der Waals surface area contributed by atoms with Crippen LogP contribution in [0.5, 0.6) is 0 Å². The van der Waals surface area contributed by atoms with Gasteiger partial charge in [0.2, 0.25) is 0 Å². The van der Waals surface area contributed by atoms with Crippen molar-refractivity contribution in [2.45, 2.75) is 31.7 Å². The minimum atomic E-state index is 0.360. The Balaban J connectivity index is 2.26. The molecule has 56 valence electrons. The van der Waals surface area contributed by atoms with Gasteiger partial charge in [0.15, 0.2) is 0 Å². The smallest absolute Gasteiger partial charge is 0.0348 e. The Bertz CT molecular complexity index is 133. The summed E-state index contributed by atoms with van der Waals surface area (Å²) in [6, 6.07) is 0.360. The van der Waals surface area contributed by atoms with E-state index in [4.69, 9.17) is 12.3 Å². The first-order valence-electron chi connectivity index (χ1n) is 3.78. The van der Waals surface area contributed by atoms with E-state index in [0.717, 1.165) is 12.3 Å². The molecule has 3 N–H and O–H groups in total. The Morgan fingerprint density at radius 1 is 1.70 bits per heavy atom. The van der Waals surface area contributed by atoms with Gasteiger partial charge in [-0.1, -0.05) is 6.42 Å². The highest BCUT2D eigenvalue weighted by Crippen LogP contribution is 2.30. The summed E-state index contributed by atoms with van der Waals surface area (Å²) in [6.07, 6.45) is 9.86. The molecule has 0 saturated heterocycles. The zero-order valence-corrected chi connectivity index (χ0v) is 6.14. The van der Waals surface area contributed by atoms with Crippen molar-refractivity contribution in [3.8, 4) is 12.3 Å². The summed E-state index contributed by atoms with van der Waals surface area (Å²) < 4.78 is 0. The third-order valence-corrected chi connectivity index (χ3v) is 2.27. The molecule has 0 amide bonds. The molecule has 0 aliphatic heterocycles. The summed E-state index contributed by atoms with van der Waals surface area (Å²) in [5.74, 6) is 8.69. The second kappa shape index (κ2) is 3.60. The Hall–Kier alpha value is -0.520. The lowest BCUT2D eigenvalue weighted by molar-refractivity contribution is 0.232. The summed E-state index contributed by atoms with van der Waals surface area (Å²) in [5, 5.41) is 0. The third-order valence-electron chi connectivity index (χ3n) is 2.27. The molecule has 0 aromatic heterocycles. The van der Waals surface area contributed by atoms with Crippen LogP contribution in [0.4, 0.5) is 0 Å². The molecule has 0 radical (unpaired) electrons. The maximum absolute atomic E-state index is 5.32. The van der Waals surface area contributed by atoms with Crippen LogP contribution in [0.2, 0.25) is 0 Å². The highest BCUT2D eigenvalue weighted by atomic mass is 15.2. The van der Waals surface area contributed by atoms with E-state index in [9.17, 15) is 0 Å². The Kier molecular flexibility index (Phi) is 2.73. The van der Waals surface area contributed by atoms with E-state index in [1.807, 2.05) is 0 Å². The fourth-order valence-electron chi connectivity index (χ4n) is 1.33. The van der Waals surface area contributed by atoms with Crippen molar-refractivity contribution in [2.24, 2.45) is 11.8 Å². The normalized spacial score (nSPS) is 21.2. The molecule has 1 aliphatic carbocycles. The highest BCUT2D eigenvalue weighted by Gasteiger charge is 2.25. The summed E-state index contributed by atoms with van der Waals surface area (Å²) in [5.41, 5.74) is 2.76. The summed E-state index contributed by atoms with van der Waals surface area (Å²) in [7, 11) is 0. The first-order valence-corrected chi connectivity index (χ1v) is 3.78. The van der Waals surface area contributed by atoms with Crippen LogP contribution in [0.1, 0.15) is 25.7 Å². The van der Waals surface area contributed by atoms with E-state index >= 15 is 0 Å². The van der Waals surface area contributed by atoms with Crippen molar-refractivity contribution in [2.75, 3.05) is 0 Å². The summed E-state index contributed by atoms with van der Waals surface area (Å²) in [4.78, 5) is 0. The maximum atomic E-state index is 5.32. The number of hydrogen-bond acceptors (Lipinski definition) is 2. The van der Waals surface area contributed by atoms with Gasteiger partial charge in [0.25, 0.3) is 0 Å². The zero-order chi connectivity index (χ0) is 7.40. The van der Waals surface area contributed by atoms with E-state index in [2.05, 4.69) is 11.3 Å². The van der Waals surface area contributed by atoms with Crippen LogP contribution < -0.4 is 11.3 Å². The molecule has 0 aromatic carbocycles. The molecule has 2 heteroatoms. The third kappa shape index (κ3) is 1.50. The lowest BCUT2D eigenvalue weighted by Crippen LogP contribution is -2.43. The van der Waals surface area contributed by atoms with Gasteiger partial charge < -0.3 is 0 Å². The Labute approximate surface area is 62.1 Å². The Morgan fingerprint density at radius 3 is 2.70 bits per heavy atom. The fraction of sp³-hybridized carbons (Fsp3) is 0.750. The van der Waals surface area contributed by atoms with Crippen molar-refractivity contribution in [1.82, 2.24) is 5.43 Å². The first kappa shape index (κ1) is 7.59. The molecule has 1 unspecified atom stereocenters. The fourth-order valence-corrected chi connectivity index (χ4v) is 1.33. The topological polar surface area (TPSA) is 38.0 Å². The van der Waals surface area contributed by atoms with E-state index in [1.54, 1.807) is 0 Å². The summed E-state index contributed by atoms with van der Waals surface area (Å²) >= 11 is 0. The van der Waals surface area contributed by atoms with Gasteiger partial charge >= 0.3 is 0 Å². The lowest BCUT2D eigenvalue weighted by atomic mass is 9.79. The van der Waals surface area contributed by atoms with E-state index in [-0.39, 0.29) is 0 Å². The molecule has 1 atom stereocenters. The van der Waals surface area contributed by atoms with Gasteiger partial charge in [0, 0.05) is 12.5 Å². The van der Waals surface area contributed by atoms with E-state index in [1.165, 1.54) is 19.3 Å². The molecule has 10 heavy (non-hydrogen) atoms. The average Bonchev–Trinajstić information content (AvgIpc) is 1.83. The minimum Gasteiger partial charge on any atom is -0.271 e. The van der Waals surface area contributed by atoms with Gasteiger partial charge in [-0.05, 0) is 18.8 Å². The van der Waals surface area contributed by atoms with E-state index < -0.39 is 0 Å². The quantitative estimate of drug-likeness (QED) is 0.341. The zero-order valence-electron chi connectivity index (χ0n) is 6.14. The van der Waals surface area contributed by atoms with Crippen LogP contribution >= 0.6 is 0 Å². The standard InChI is InChI=1S/C8H14N2/c1-2-4-8(10-9)7-5-3-6-7/h1,7-8,10H,3-6,9H2. The molecule has 1 rings (SSSR count). The van der Waals surface area contributed by atoms with Gasteiger partial charge in [0.1, 0.15) is 0 Å². The molecular formula is C8H14N2. The van der Waals surface area contributed by atoms with Crippen molar-refractivity contribution in [3.63, 3.8) is 0 Å². The molecule has 1 saturated carbocycles. The second-order valence-electron chi connectivity index (χ2n) is 2.87. The number of nitrogens with two attached hydrogens (primary N) is 1. The average molecular weight is 138 g/mol. The van der Waals surface area contributed by atoms with Crippen LogP contribution in [0.25, 0.3) is 0 Å². The Morgan fingerprint density at radius 2 is 2.40 bits per heavy atom. The monoisotopic (exact) mass is 138 g/mol. The molecular weight excluding hydrogens is 124 g/mol. The molecule has 0 bridgehead atoms. The van der Waals surface area contributed by atoms with Crippen LogP contribution in [-0.2, 0) is 0 Å². The van der Waals surface area contributed by atoms with Crippen LogP contribution in [0.3, 0.4) is 0 Å². The van der Waals surface area contributed by atoms with Gasteiger partial charge in [-0.3, -0.25) is 11.3 Å². The molecule has 0 aromatic rings. The number of hydrazine groups is 1. The van der Waals surface area contributed by atoms with Gasteiger partial charge in [-0.2, -0.15) is 0 Å². The highest BCUT2D eigenvalue weighted by molar-refractivity contribution is 4.93. The molecule has 1 aliphatic rings. The largest absolute Gasteiger partial charge is 0.271 e. The van der Waals surface area contributed by atoms with Gasteiger partial charge in [-0.15, -0.1) is 12.3 Å². The number of nitrogens with one attached hydrogen (secondary N) is 1. The number of rotatable bonds is 3. The number of terminal acetylenes is 1. The van der Waals surface area contributed by atoms with Crippen molar-refractivity contribution in [3.05, 3.63) is 0 Å². The van der Waals surface area contributed by atoms with Gasteiger partial charge in [0.05, 0.1) is 0 Å². The van der Waals surface area contributed by atoms with Crippen molar-refractivity contribution in [1.29, 1.82) is 0 Å². The number of hydrogen-bond donors (Lipinski definition) is 2. The van der Waals surface area contributed by atoms with Crippen LogP contribution in [0.15, 0.2) is 0 Å². The molecule has 0 spiro atoms. The lowest BCUT2D eigenvalue weighted by Gasteiger charge is -2.32. The molecule has 2 nitrogen and oxygen atoms in total. The van der Waals surface area contributed by atoms with Crippen molar-refractivity contribution >= 4 is 0 Å². The predicted octanol–water partition coefficient (Wildman–Crippen LogP) is 0.642. The minimum absolute atomic E-state index is 0.360. The van der Waals surface area contributed by atoms with Crippen molar-refractivity contribution < 1.29 is 0 Å².